The first kappa shape index (κ1) is 18.1. The number of nitrogens with zero attached hydrogens (tertiary/aromatic N) is 1. The molecule has 0 aliphatic carbocycles. The molecular formula is C15H27N3O2S. The van der Waals surface area contributed by atoms with Crippen molar-refractivity contribution in [2.24, 2.45) is 11.7 Å². The van der Waals surface area contributed by atoms with Gasteiger partial charge in [0.25, 0.3) is 0 Å². The van der Waals surface area contributed by atoms with E-state index in [1.807, 2.05) is 19.0 Å². The molecule has 1 atom stereocenters. The van der Waals surface area contributed by atoms with E-state index in [2.05, 4.69) is 18.6 Å². The van der Waals surface area contributed by atoms with Crippen LogP contribution in [0.4, 0.5) is 0 Å². The molecule has 5 nitrogen and oxygen atoms in total. The van der Waals surface area contributed by atoms with Gasteiger partial charge in [0.05, 0.1) is 4.90 Å². The molecule has 1 aromatic rings. The molecule has 1 unspecified atom stereocenters. The van der Waals surface area contributed by atoms with Crippen molar-refractivity contribution in [2.45, 2.75) is 37.8 Å². The second-order valence-electron chi connectivity index (χ2n) is 6.06. The number of rotatable bonds is 8. The summed E-state index contributed by atoms with van der Waals surface area (Å²) in [6.45, 7) is 5.27. The van der Waals surface area contributed by atoms with E-state index in [0.717, 1.165) is 12.0 Å². The molecule has 1 aromatic carbocycles. The van der Waals surface area contributed by atoms with Gasteiger partial charge in [0, 0.05) is 19.1 Å². The van der Waals surface area contributed by atoms with Crippen LogP contribution in [0.5, 0.6) is 0 Å². The summed E-state index contributed by atoms with van der Waals surface area (Å²) in [5, 5.41) is 0. The fourth-order valence-corrected chi connectivity index (χ4v) is 3.50. The van der Waals surface area contributed by atoms with Crippen molar-refractivity contribution < 1.29 is 8.42 Å². The molecule has 0 bridgehead atoms. The van der Waals surface area contributed by atoms with Crippen LogP contribution in [0.2, 0.25) is 0 Å². The third-order valence-electron chi connectivity index (χ3n) is 3.13. The van der Waals surface area contributed by atoms with E-state index in [9.17, 15) is 8.42 Å². The number of nitrogens with two attached hydrogens (primary N) is 1. The van der Waals surface area contributed by atoms with E-state index in [-0.39, 0.29) is 10.9 Å². The molecule has 0 saturated carbocycles. The summed E-state index contributed by atoms with van der Waals surface area (Å²) in [5.41, 5.74) is 6.45. The second kappa shape index (κ2) is 7.89. The van der Waals surface area contributed by atoms with Gasteiger partial charge in [0.1, 0.15) is 0 Å². The van der Waals surface area contributed by atoms with E-state index in [1.54, 1.807) is 24.3 Å². The van der Waals surface area contributed by atoms with Gasteiger partial charge >= 0.3 is 0 Å². The van der Waals surface area contributed by atoms with Crippen molar-refractivity contribution in [3.63, 3.8) is 0 Å². The Hall–Kier alpha value is -0.950. The van der Waals surface area contributed by atoms with Crippen molar-refractivity contribution in [3.8, 4) is 0 Å². The molecule has 21 heavy (non-hydrogen) atoms. The van der Waals surface area contributed by atoms with Crippen LogP contribution < -0.4 is 10.5 Å². The van der Waals surface area contributed by atoms with Crippen molar-refractivity contribution in [1.29, 1.82) is 0 Å². The highest BCUT2D eigenvalue weighted by Crippen LogP contribution is 2.13. The molecule has 0 aliphatic rings. The summed E-state index contributed by atoms with van der Waals surface area (Å²) in [6.07, 6.45) is 0.804. The molecule has 0 fully saturated rings. The van der Waals surface area contributed by atoms with Crippen LogP contribution in [-0.2, 0) is 16.6 Å². The number of benzene rings is 1. The first-order chi connectivity index (χ1) is 9.74. The largest absolute Gasteiger partial charge is 0.326 e. The van der Waals surface area contributed by atoms with E-state index < -0.39 is 10.0 Å². The minimum Gasteiger partial charge on any atom is -0.326 e. The fraction of sp³-hybridized carbons (Fsp3) is 0.600. The lowest BCUT2D eigenvalue weighted by atomic mass is 10.0. The molecule has 0 amide bonds. The lowest BCUT2D eigenvalue weighted by molar-refractivity contribution is 0.329. The molecule has 6 heteroatoms. The lowest BCUT2D eigenvalue weighted by Gasteiger charge is -2.23. The van der Waals surface area contributed by atoms with Gasteiger partial charge in [-0.3, -0.25) is 0 Å². The van der Waals surface area contributed by atoms with Crippen molar-refractivity contribution >= 4 is 10.0 Å². The van der Waals surface area contributed by atoms with Crippen LogP contribution in [0, 0.1) is 5.92 Å². The van der Waals surface area contributed by atoms with Gasteiger partial charge in [-0.2, -0.15) is 0 Å². The molecule has 3 N–H and O–H groups in total. The Kier molecular flexibility index (Phi) is 6.80. The SMILES string of the molecule is CC(C)CC(CN(C)C)NS(=O)(=O)c1ccc(CN)cc1. The summed E-state index contributed by atoms with van der Waals surface area (Å²) in [5.74, 6) is 0.428. The second-order valence-corrected chi connectivity index (χ2v) is 7.77. The van der Waals surface area contributed by atoms with Crippen LogP contribution in [0.25, 0.3) is 0 Å². The van der Waals surface area contributed by atoms with Crippen LogP contribution in [0.1, 0.15) is 25.8 Å². The van der Waals surface area contributed by atoms with Crippen LogP contribution >= 0.6 is 0 Å². The highest BCUT2D eigenvalue weighted by atomic mass is 32.2. The van der Waals surface area contributed by atoms with Gasteiger partial charge in [-0.15, -0.1) is 0 Å². The quantitative estimate of drug-likeness (QED) is 0.761. The Bertz CT molecular complexity index is 514. The maximum atomic E-state index is 12.4. The Balaban J connectivity index is 2.88. The number of sulfonamides is 1. The fourth-order valence-electron chi connectivity index (χ4n) is 2.26. The minimum atomic E-state index is -3.49. The summed E-state index contributed by atoms with van der Waals surface area (Å²) >= 11 is 0. The first-order valence-electron chi connectivity index (χ1n) is 7.20. The smallest absolute Gasteiger partial charge is 0.240 e. The molecule has 0 radical (unpaired) electrons. The maximum absolute atomic E-state index is 12.4. The highest BCUT2D eigenvalue weighted by molar-refractivity contribution is 7.89. The Morgan fingerprint density at radius 2 is 1.76 bits per heavy atom. The van der Waals surface area contributed by atoms with Gasteiger partial charge in [-0.1, -0.05) is 26.0 Å². The lowest BCUT2D eigenvalue weighted by Crippen LogP contribution is -2.42. The maximum Gasteiger partial charge on any atom is 0.240 e. The Morgan fingerprint density at radius 1 is 1.19 bits per heavy atom. The zero-order chi connectivity index (χ0) is 16.0. The van der Waals surface area contributed by atoms with Gasteiger partial charge in [-0.25, -0.2) is 13.1 Å². The molecule has 120 valence electrons. The van der Waals surface area contributed by atoms with Gasteiger partial charge < -0.3 is 10.6 Å². The van der Waals surface area contributed by atoms with Crippen molar-refractivity contribution in [2.75, 3.05) is 20.6 Å². The third-order valence-corrected chi connectivity index (χ3v) is 4.67. The number of hydrogen-bond donors (Lipinski definition) is 2. The third kappa shape index (κ3) is 6.13. The predicted molar refractivity (Wildman–Crippen MR) is 86.5 cm³/mol. The first-order valence-corrected chi connectivity index (χ1v) is 8.69. The summed E-state index contributed by atoms with van der Waals surface area (Å²) < 4.78 is 27.7. The Labute approximate surface area is 128 Å². The summed E-state index contributed by atoms with van der Waals surface area (Å²) in [7, 11) is 0.391. The highest BCUT2D eigenvalue weighted by Gasteiger charge is 2.21. The van der Waals surface area contributed by atoms with Crippen molar-refractivity contribution in [1.82, 2.24) is 9.62 Å². The summed E-state index contributed by atoms with van der Waals surface area (Å²) in [6, 6.07) is 6.61. The van der Waals surface area contributed by atoms with Crippen molar-refractivity contribution in [3.05, 3.63) is 29.8 Å². The zero-order valence-corrected chi connectivity index (χ0v) is 14.2. The molecular weight excluding hydrogens is 286 g/mol. The molecule has 1 rings (SSSR count). The summed E-state index contributed by atoms with van der Waals surface area (Å²) in [4.78, 5) is 2.28. The zero-order valence-electron chi connectivity index (χ0n) is 13.3. The van der Waals surface area contributed by atoms with E-state index in [1.165, 1.54) is 0 Å². The van der Waals surface area contributed by atoms with Gasteiger partial charge in [-0.05, 0) is 44.1 Å². The molecule has 0 aromatic heterocycles. The van der Waals surface area contributed by atoms with Crippen LogP contribution in [-0.4, -0.2) is 40.0 Å². The van der Waals surface area contributed by atoms with E-state index in [4.69, 9.17) is 5.73 Å². The normalized spacial score (nSPS) is 13.9. The standard InChI is InChI=1S/C15H27N3O2S/c1-12(2)9-14(11-18(3)4)17-21(19,20)15-7-5-13(10-16)6-8-15/h5-8,12,14,17H,9-11,16H2,1-4H3. The number of likely N-dealkylation sites (N-methyl/N-ethyl adjacent to an activating group) is 1. The van der Waals surface area contributed by atoms with Gasteiger partial charge in [0.15, 0.2) is 0 Å². The monoisotopic (exact) mass is 313 g/mol. The predicted octanol–water partition coefficient (Wildman–Crippen LogP) is 1.40. The molecule has 0 saturated heterocycles. The number of hydrogen-bond acceptors (Lipinski definition) is 4. The van der Waals surface area contributed by atoms with Gasteiger partial charge in [0.2, 0.25) is 10.0 Å². The average Bonchev–Trinajstić information content (AvgIpc) is 2.36. The topological polar surface area (TPSA) is 75.4 Å². The van der Waals surface area contributed by atoms with E-state index in [0.29, 0.717) is 19.0 Å². The van der Waals surface area contributed by atoms with Crippen LogP contribution in [0.15, 0.2) is 29.2 Å². The molecule has 0 aliphatic heterocycles. The van der Waals surface area contributed by atoms with Crippen LogP contribution in [0.3, 0.4) is 0 Å². The minimum absolute atomic E-state index is 0.0980. The molecule has 0 heterocycles. The molecule has 0 spiro atoms. The average molecular weight is 313 g/mol. The van der Waals surface area contributed by atoms with E-state index >= 15 is 0 Å². The number of nitrogens with one attached hydrogen (secondary N) is 1. The Morgan fingerprint density at radius 3 is 2.19 bits per heavy atom.